The Morgan fingerprint density at radius 2 is 1.76 bits per heavy atom. The molecule has 154 valence electrons. The highest BCUT2D eigenvalue weighted by atomic mass is 32.1. The second-order valence-corrected chi connectivity index (χ2v) is 6.73. The van der Waals surface area contributed by atoms with Gasteiger partial charge in [0.2, 0.25) is 5.91 Å². The van der Waals surface area contributed by atoms with Crippen LogP contribution in [0.5, 0.6) is 5.75 Å². The first-order valence-electron chi connectivity index (χ1n) is 8.62. The van der Waals surface area contributed by atoms with Crippen molar-refractivity contribution < 1.29 is 28.7 Å². The third-order valence-corrected chi connectivity index (χ3v) is 4.49. The number of esters is 1. The predicted molar refractivity (Wildman–Crippen MR) is 107 cm³/mol. The largest absolute Gasteiger partial charge is 0.497 e. The van der Waals surface area contributed by atoms with Crippen molar-refractivity contribution in [3.63, 3.8) is 0 Å². The monoisotopic (exact) mass is 419 g/mol. The van der Waals surface area contributed by atoms with E-state index in [4.69, 9.17) is 9.47 Å². The van der Waals surface area contributed by atoms with Crippen LogP contribution in [-0.2, 0) is 19.1 Å². The van der Waals surface area contributed by atoms with E-state index in [2.05, 4.69) is 16.0 Å². The minimum Gasteiger partial charge on any atom is -0.497 e. The highest BCUT2D eigenvalue weighted by molar-refractivity contribution is 7.12. The SMILES string of the molecule is COc1ccc(NC(=O)[C@H](C)OC(=O)CNC(=O)CNC(=O)c2cccs2)cc1. The Bertz CT molecular complexity index is 851. The van der Waals surface area contributed by atoms with Crippen LogP contribution in [0.2, 0.25) is 0 Å². The molecule has 29 heavy (non-hydrogen) atoms. The fraction of sp³-hybridized carbons (Fsp3) is 0.263. The molecule has 0 radical (unpaired) electrons. The van der Waals surface area contributed by atoms with Gasteiger partial charge in [0.05, 0.1) is 18.5 Å². The van der Waals surface area contributed by atoms with E-state index in [1.54, 1.807) is 41.8 Å². The maximum absolute atomic E-state index is 12.1. The number of hydrogen-bond donors (Lipinski definition) is 3. The van der Waals surface area contributed by atoms with Crippen molar-refractivity contribution in [1.82, 2.24) is 10.6 Å². The Kier molecular flexibility index (Phi) is 8.16. The lowest BCUT2D eigenvalue weighted by molar-refractivity contribution is -0.152. The number of methoxy groups -OCH3 is 1. The van der Waals surface area contributed by atoms with Crippen LogP contribution in [0.15, 0.2) is 41.8 Å². The van der Waals surface area contributed by atoms with Gasteiger partial charge in [0.25, 0.3) is 11.8 Å². The Labute approximate surface area is 171 Å². The van der Waals surface area contributed by atoms with Crippen LogP contribution in [0, 0.1) is 0 Å². The number of anilines is 1. The molecule has 0 aliphatic heterocycles. The number of carbonyl (C=O) groups is 4. The first-order valence-corrected chi connectivity index (χ1v) is 9.50. The number of ether oxygens (including phenoxy) is 2. The smallest absolute Gasteiger partial charge is 0.326 e. The number of amides is 3. The van der Waals surface area contributed by atoms with E-state index in [0.717, 1.165) is 0 Å². The molecule has 2 aromatic rings. The van der Waals surface area contributed by atoms with Gasteiger partial charge in [0.1, 0.15) is 12.3 Å². The van der Waals surface area contributed by atoms with E-state index in [9.17, 15) is 19.2 Å². The molecule has 0 bridgehead atoms. The average molecular weight is 419 g/mol. The molecule has 0 saturated carbocycles. The van der Waals surface area contributed by atoms with Gasteiger partial charge in [-0.3, -0.25) is 19.2 Å². The van der Waals surface area contributed by atoms with Gasteiger partial charge < -0.3 is 25.4 Å². The van der Waals surface area contributed by atoms with Gasteiger partial charge in [-0.1, -0.05) is 6.07 Å². The van der Waals surface area contributed by atoms with Crippen LogP contribution < -0.4 is 20.7 Å². The molecule has 1 aromatic heterocycles. The number of nitrogens with one attached hydrogen (secondary N) is 3. The van der Waals surface area contributed by atoms with Crippen molar-refractivity contribution in [2.75, 3.05) is 25.5 Å². The summed E-state index contributed by atoms with van der Waals surface area (Å²) in [6.45, 7) is 0.714. The molecule has 3 N–H and O–H groups in total. The standard InChI is InChI=1S/C19H21N3O6S/c1-12(18(25)22-13-5-7-14(27-2)8-6-13)28-17(24)11-20-16(23)10-21-19(26)15-4-3-9-29-15/h3-9,12H,10-11H2,1-2H3,(H,20,23)(H,21,26)(H,22,25)/t12-/m0/s1. The molecule has 3 amide bonds. The minimum absolute atomic E-state index is 0.280. The van der Waals surface area contributed by atoms with Crippen molar-refractivity contribution in [3.8, 4) is 5.75 Å². The summed E-state index contributed by atoms with van der Waals surface area (Å²) < 4.78 is 10.0. The second-order valence-electron chi connectivity index (χ2n) is 5.79. The molecule has 0 aliphatic rings. The summed E-state index contributed by atoms with van der Waals surface area (Å²) in [5.74, 6) is -1.58. The summed E-state index contributed by atoms with van der Waals surface area (Å²) in [6, 6.07) is 10.0. The molecular weight excluding hydrogens is 398 g/mol. The number of rotatable bonds is 9. The zero-order valence-electron chi connectivity index (χ0n) is 15.9. The first kappa shape index (κ1) is 21.9. The lowest BCUT2D eigenvalue weighted by Gasteiger charge is -2.14. The fourth-order valence-corrected chi connectivity index (χ4v) is 2.74. The lowest BCUT2D eigenvalue weighted by Crippen LogP contribution is -2.40. The summed E-state index contributed by atoms with van der Waals surface area (Å²) in [5.41, 5.74) is 0.522. The van der Waals surface area contributed by atoms with Crippen molar-refractivity contribution >= 4 is 40.7 Å². The number of benzene rings is 1. The van der Waals surface area contributed by atoms with Gasteiger partial charge in [-0.15, -0.1) is 11.3 Å². The fourth-order valence-electron chi connectivity index (χ4n) is 2.10. The third kappa shape index (κ3) is 7.26. The Balaban J connectivity index is 1.68. The van der Waals surface area contributed by atoms with E-state index >= 15 is 0 Å². The van der Waals surface area contributed by atoms with Gasteiger partial charge >= 0.3 is 5.97 Å². The predicted octanol–water partition coefficient (Wildman–Crippen LogP) is 1.17. The molecule has 0 fully saturated rings. The molecule has 9 nitrogen and oxygen atoms in total. The molecule has 1 aromatic carbocycles. The summed E-state index contributed by atoms with van der Waals surface area (Å²) >= 11 is 1.25. The van der Waals surface area contributed by atoms with E-state index in [1.165, 1.54) is 25.4 Å². The highest BCUT2D eigenvalue weighted by Crippen LogP contribution is 2.15. The quantitative estimate of drug-likeness (QED) is 0.525. The molecular formula is C19H21N3O6S. The second kappa shape index (κ2) is 10.8. The number of hydrogen-bond acceptors (Lipinski definition) is 7. The zero-order chi connectivity index (χ0) is 21.2. The molecule has 0 aliphatic carbocycles. The minimum atomic E-state index is -1.06. The maximum Gasteiger partial charge on any atom is 0.326 e. The van der Waals surface area contributed by atoms with Gasteiger partial charge in [0.15, 0.2) is 6.10 Å². The van der Waals surface area contributed by atoms with Crippen molar-refractivity contribution in [2.45, 2.75) is 13.0 Å². The van der Waals surface area contributed by atoms with Crippen molar-refractivity contribution in [3.05, 3.63) is 46.7 Å². The third-order valence-electron chi connectivity index (χ3n) is 3.62. The number of thiophene rings is 1. The van der Waals surface area contributed by atoms with Gasteiger partial charge in [-0.05, 0) is 42.6 Å². The highest BCUT2D eigenvalue weighted by Gasteiger charge is 2.18. The topological polar surface area (TPSA) is 123 Å². The molecule has 10 heteroatoms. The summed E-state index contributed by atoms with van der Waals surface area (Å²) in [6.07, 6.45) is -1.06. The Morgan fingerprint density at radius 3 is 2.38 bits per heavy atom. The normalized spacial score (nSPS) is 11.1. The van der Waals surface area contributed by atoms with E-state index in [-0.39, 0.29) is 12.5 Å². The van der Waals surface area contributed by atoms with Gasteiger partial charge in [-0.2, -0.15) is 0 Å². The Morgan fingerprint density at radius 1 is 1.03 bits per heavy atom. The molecule has 0 spiro atoms. The van der Waals surface area contributed by atoms with E-state index in [0.29, 0.717) is 16.3 Å². The van der Waals surface area contributed by atoms with Crippen LogP contribution in [0.4, 0.5) is 5.69 Å². The summed E-state index contributed by atoms with van der Waals surface area (Å²) in [4.78, 5) is 47.8. The van der Waals surface area contributed by atoms with Crippen LogP contribution in [0.1, 0.15) is 16.6 Å². The van der Waals surface area contributed by atoms with Crippen LogP contribution in [0.25, 0.3) is 0 Å². The van der Waals surface area contributed by atoms with Crippen molar-refractivity contribution in [2.24, 2.45) is 0 Å². The average Bonchev–Trinajstić information content (AvgIpc) is 3.26. The summed E-state index contributed by atoms with van der Waals surface area (Å²) in [5, 5.41) is 9.11. The van der Waals surface area contributed by atoms with E-state index in [1.807, 2.05) is 0 Å². The molecule has 1 heterocycles. The van der Waals surface area contributed by atoms with Crippen LogP contribution in [-0.4, -0.2) is 50.0 Å². The first-order chi connectivity index (χ1) is 13.9. The van der Waals surface area contributed by atoms with Crippen molar-refractivity contribution in [1.29, 1.82) is 0 Å². The zero-order valence-corrected chi connectivity index (χ0v) is 16.7. The molecule has 0 saturated heterocycles. The van der Waals surface area contributed by atoms with Crippen LogP contribution >= 0.6 is 11.3 Å². The summed E-state index contributed by atoms with van der Waals surface area (Å²) in [7, 11) is 1.53. The Hall–Kier alpha value is -3.40. The van der Waals surface area contributed by atoms with Crippen LogP contribution in [0.3, 0.4) is 0 Å². The maximum atomic E-state index is 12.1. The molecule has 1 atom stereocenters. The van der Waals surface area contributed by atoms with E-state index < -0.39 is 30.4 Å². The number of carbonyl (C=O) groups excluding carboxylic acids is 4. The van der Waals surface area contributed by atoms with Gasteiger partial charge in [-0.25, -0.2) is 0 Å². The molecule has 2 rings (SSSR count). The molecule has 0 unspecified atom stereocenters. The lowest BCUT2D eigenvalue weighted by atomic mass is 10.3. The van der Waals surface area contributed by atoms with Gasteiger partial charge in [0, 0.05) is 5.69 Å².